The van der Waals surface area contributed by atoms with Crippen molar-refractivity contribution in [2.75, 3.05) is 26.4 Å². The molecule has 0 fully saturated rings. The maximum absolute atomic E-state index is 12.3. The Kier molecular flexibility index (Phi) is 10.6. The Labute approximate surface area is 241 Å². The van der Waals surface area contributed by atoms with Crippen molar-refractivity contribution < 1.29 is 47.6 Å². The molecule has 4 aromatic rings. The van der Waals surface area contributed by atoms with Gasteiger partial charge < -0.3 is 28.4 Å². The van der Waals surface area contributed by atoms with Crippen LogP contribution >= 0.6 is 0 Å². The van der Waals surface area contributed by atoms with Gasteiger partial charge in [-0.25, -0.2) is 19.2 Å². The molecule has 0 spiro atoms. The lowest BCUT2D eigenvalue weighted by molar-refractivity contribution is -0.137. The minimum Gasteiger partial charge on any atom is -0.482 e. The summed E-state index contributed by atoms with van der Waals surface area (Å²) in [6.45, 7) is -0.881. The van der Waals surface area contributed by atoms with E-state index >= 15 is 0 Å². The average Bonchev–Trinajstić information content (AvgIpc) is 3.02. The maximum Gasteiger partial charge on any atom is 0.349 e. The predicted molar refractivity (Wildman–Crippen MR) is 149 cm³/mol. The van der Waals surface area contributed by atoms with E-state index < -0.39 is 23.9 Å². The maximum atomic E-state index is 12.3. The van der Waals surface area contributed by atoms with Gasteiger partial charge in [-0.1, -0.05) is 36.4 Å². The molecule has 0 aromatic heterocycles. The Balaban J connectivity index is 1.12. The minimum atomic E-state index is -0.640. The third-order valence-corrected chi connectivity index (χ3v) is 5.39. The average molecular weight is 571 g/mol. The summed E-state index contributed by atoms with van der Waals surface area (Å²) < 4.78 is 31.3. The molecule has 0 bridgehead atoms. The van der Waals surface area contributed by atoms with E-state index in [9.17, 15) is 19.2 Å². The van der Waals surface area contributed by atoms with Crippen molar-refractivity contribution in [3.05, 3.63) is 120 Å². The third kappa shape index (κ3) is 9.53. The largest absolute Gasteiger partial charge is 0.482 e. The van der Waals surface area contributed by atoms with Crippen molar-refractivity contribution >= 4 is 23.9 Å². The zero-order valence-electron chi connectivity index (χ0n) is 22.3. The molecule has 0 radical (unpaired) electrons. The minimum absolute atomic E-state index is 0.171. The van der Waals surface area contributed by atoms with Gasteiger partial charge in [-0.15, -0.1) is 0 Å². The highest BCUT2D eigenvalue weighted by Gasteiger charge is 2.12. The number of esters is 4. The summed E-state index contributed by atoms with van der Waals surface area (Å²) in [5.74, 6) is -0.912. The summed E-state index contributed by atoms with van der Waals surface area (Å²) in [6, 6.07) is 29.3. The molecule has 4 aromatic carbocycles. The number of para-hydroxylation sites is 2. The summed E-state index contributed by atoms with van der Waals surface area (Å²) in [6.07, 6.45) is 0. The van der Waals surface area contributed by atoms with Crippen molar-refractivity contribution in [1.29, 1.82) is 0 Å². The first kappa shape index (κ1) is 29.3. The van der Waals surface area contributed by atoms with Crippen molar-refractivity contribution in [3.63, 3.8) is 0 Å². The Bertz CT molecular complexity index is 1350. The van der Waals surface area contributed by atoms with Crippen LogP contribution in [0.2, 0.25) is 0 Å². The van der Waals surface area contributed by atoms with Crippen molar-refractivity contribution in [2.45, 2.75) is 0 Å². The van der Waals surface area contributed by atoms with Gasteiger partial charge in [0.2, 0.25) is 0 Å². The molecule has 10 heteroatoms. The quantitative estimate of drug-likeness (QED) is 0.127. The molecule has 0 heterocycles. The number of carbonyl (C=O) groups is 4. The molecule has 0 amide bonds. The van der Waals surface area contributed by atoms with Gasteiger partial charge in [0.05, 0.1) is 11.1 Å². The molecule has 0 saturated carbocycles. The second-order valence-electron chi connectivity index (χ2n) is 8.47. The van der Waals surface area contributed by atoms with E-state index in [1.54, 1.807) is 48.5 Å². The van der Waals surface area contributed by atoms with Crippen LogP contribution < -0.4 is 18.9 Å². The van der Waals surface area contributed by atoms with Crippen LogP contribution in [0.5, 0.6) is 23.0 Å². The molecule has 0 aliphatic carbocycles. The van der Waals surface area contributed by atoms with E-state index in [4.69, 9.17) is 28.4 Å². The van der Waals surface area contributed by atoms with E-state index in [2.05, 4.69) is 0 Å². The number of hydrogen-bond acceptors (Lipinski definition) is 10. The molecular formula is C32H26O10. The van der Waals surface area contributed by atoms with Crippen LogP contribution in [0.3, 0.4) is 0 Å². The van der Waals surface area contributed by atoms with Gasteiger partial charge in [0.15, 0.2) is 13.2 Å². The highest BCUT2D eigenvalue weighted by Crippen LogP contribution is 2.16. The van der Waals surface area contributed by atoms with Crippen LogP contribution in [-0.2, 0) is 19.1 Å². The first-order valence-corrected chi connectivity index (χ1v) is 12.8. The van der Waals surface area contributed by atoms with Crippen LogP contribution in [0.1, 0.15) is 20.7 Å². The summed E-state index contributed by atoms with van der Waals surface area (Å²) in [5.41, 5.74) is 0.446. The molecule has 0 unspecified atom stereocenters. The van der Waals surface area contributed by atoms with Crippen LogP contribution in [0.4, 0.5) is 0 Å². The molecule has 42 heavy (non-hydrogen) atoms. The van der Waals surface area contributed by atoms with E-state index in [1.165, 1.54) is 48.5 Å². The topological polar surface area (TPSA) is 124 Å². The van der Waals surface area contributed by atoms with Crippen molar-refractivity contribution in [2.24, 2.45) is 0 Å². The van der Waals surface area contributed by atoms with Gasteiger partial charge >= 0.3 is 23.9 Å². The van der Waals surface area contributed by atoms with Crippen LogP contribution in [0.25, 0.3) is 0 Å². The van der Waals surface area contributed by atoms with Gasteiger partial charge in [0.25, 0.3) is 0 Å². The Morgan fingerprint density at radius 2 is 0.786 bits per heavy atom. The summed E-state index contributed by atoms with van der Waals surface area (Å²) in [5, 5.41) is 0. The summed E-state index contributed by atoms with van der Waals surface area (Å²) in [7, 11) is 0. The Morgan fingerprint density at radius 3 is 1.14 bits per heavy atom. The standard InChI is InChI=1S/C32H26O10/c33-29(21-39-25-7-3-1-4-8-25)41-27-15-11-23(12-16-27)31(35)37-19-20-38-32(36)24-13-17-28(18-14-24)42-30(34)22-40-26-9-5-2-6-10-26/h1-18H,19-22H2. The van der Waals surface area contributed by atoms with E-state index in [0.29, 0.717) is 11.5 Å². The molecule has 10 nitrogen and oxygen atoms in total. The fourth-order valence-corrected chi connectivity index (χ4v) is 3.39. The fourth-order valence-electron chi connectivity index (χ4n) is 3.39. The summed E-state index contributed by atoms with van der Waals surface area (Å²) in [4.78, 5) is 48.4. The van der Waals surface area contributed by atoms with E-state index in [0.717, 1.165) is 0 Å². The highest BCUT2D eigenvalue weighted by molar-refractivity contribution is 5.90. The monoisotopic (exact) mass is 570 g/mol. The second-order valence-corrected chi connectivity index (χ2v) is 8.47. The first-order valence-electron chi connectivity index (χ1n) is 12.8. The molecule has 0 aliphatic rings. The first-order chi connectivity index (χ1) is 20.5. The summed E-state index contributed by atoms with van der Waals surface area (Å²) >= 11 is 0. The molecular weight excluding hydrogens is 544 g/mol. The van der Waals surface area contributed by atoms with Gasteiger partial charge in [0.1, 0.15) is 36.2 Å². The number of carbonyl (C=O) groups excluding carboxylic acids is 4. The normalized spacial score (nSPS) is 10.2. The number of rotatable bonds is 13. The van der Waals surface area contributed by atoms with Crippen LogP contribution in [-0.4, -0.2) is 50.3 Å². The molecule has 4 rings (SSSR count). The van der Waals surface area contributed by atoms with Gasteiger partial charge in [0, 0.05) is 0 Å². The van der Waals surface area contributed by atoms with E-state index in [1.807, 2.05) is 12.1 Å². The second kappa shape index (κ2) is 15.2. The Hall–Kier alpha value is -5.64. The zero-order valence-corrected chi connectivity index (χ0v) is 22.3. The molecule has 0 aliphatic heterocycles. The van der Waals surface area contributed by atoms with Crippen molar-refractivity contribution in [1.82, 2.24) is 0 Å². The predicted octanol–water partition coefficient (Wildman–Crippen LogP) is 4.67. The smallest absolute Gasteiger partial charge is 0.349 e. The number of benzene rings is 4. The molecule has 214 valence electrons. The van der Waals surface area contributed by atoms with Gasteiger partial charge in [-0.05, 0) is 72.8 Å². The molecule has 0 saturated heterocycles. The fraction of sp³-hybridized carbons (Fsp3) is 0.125. The lowest BCUT2D eigenvalue weighted by Crippen LogP contribution is -2.18. The number of ether oxygens (including phenoxy) is 6. The van der Waals surface area contributed by atoms with Crippen molar-refractivity contribution in [3.8, 4) is 23.0 Å². The third-order valence-electron chi connectivity index (χ3n) is 5.39. The molecule has 0 atom stereocenters. The van der Waals surface area contributed by atoms with Gasteiger partial charge in [-0.3, -0.25) is 0 Å². The lowest BCUT2D eigenvalue weighted by atomic mass is 10.2. The highest BCUT2D eigenvalue weighted by atomic mass is 16.6. The SMILES string of the molecule is O=C(COc1ccccc1)Oc1ccc(C(=O)OCCOC(=O)c2ccc(OC(=O)COc3ccccc3)cc2)cc1. The van der Waals surface area contributed by atoms with Gasteiger partial charge in [-0.2, -0.15) is 0 Å². The van der Waals surface area contributed by atoms with Crippen LogP contribution in [0, 0.1) is 0 Å². The van der Waals surface area contributed by atoms with Crippen LogP contribution in [0.15, 0.2) is 109 Å². The number of hydrogen-bond donors (Lipinski definition) is 0. The Morgan fingerprint density at radius 1 is 0.429 bits per heavy atom. The zero-order chi connectivity index (χ0) is 29.6. The molecule has 0 N–H and O–H groups in total. The lowest BCUT2D eigenvalue weighted by Gasteiger charge is -2.09. The van der Waals surface area contributed by atoms with E-state index in [-0.39, 0.29) is 49.1 Å².